The zero-order chi connectivity index (χ0) is 22.2. The van der Waals surface area contributed by atoms with E-state index in [2.05, 4.69) is 17.1 Å². The van der Waals surface area contributed by atoms with Gasteiger partial charge in [-0.2, -0.15) is 0 Å². The van der Waals surface area contributed by atoms with Gasteiger partial charge in [-0.25, -0.2) is 0 Å². The van der Waals surface area contributed by atoms with Crippen LogP contribution in [0.15, 0.2) is 36.4 Å². The fourth-order valence-corrected chi connectivity index (χ4v) is 4.65. The van der Waals surface area contributed by atoms with Gasteiger partial charge >= 0.3 is 0 Å². The summed E-state index contributed by atoms with van der Waals surface area (Å²) >= 11 is 0. The van der Waals surface area contributed by atoms with Crippen LogP contribution in [-0.4, -0.2) is 79.5 Å². The van der Waals surface area contributed by atoms with E-state index in [1.165, 1.54) is 0 Å². The monoisotopic (exact) mass is 431 g/mol. The van der Waals surface area contributed by atoms with Crippen LogP contribution in [0, 0.1) is 0 Å². The van der Waals surface area contributed by atoms with Gasteiger partial charge in [0.05, 0.1) is 24.8 Å². The highest BCUT2D eigenvalue weighted by atomic mass is 16.8. The average Bonchev–Trinajstić information content (AvgIpc) is 3.23. The molecule has 0 N–H and O–H groups in total. The van der Waals surface area contributed by atoms with Crippen LogP contribution in [0.3, 0.4) is 0 Å². The van der Waals surface area contributed by atoms with E-state index in [1.807, 2.05) is 58.0 Å². The summed E-state index contributed by atoms with van der Waals surface area (Å²) in [6.07, 6.45) is 3.95. The molecule has 0 aliphatic carbocycles. The van der Waals surface area contributed by atoms with Crippen molar-refractivity contribution in [2.24, 2.45) is 0 Å². The van der Waals surface area contributed by atoms with Gasteiger partial charge < -0.3 is 28.5 Å². The van der Waals surface area contributed by atoms with E-state index in [-0.39, 0.29) is 18.2 Å². The molecule has 0 spiro atoms. The Labute approximate surface area is 184 Å². The molecule has 0 saturated carbocycles. The second kappa shape index (κ2) is 8.73. The molecule has 0 bridgehead atoms. The fourth-order valence-electron chi connectivity index (χ4n) is 4.65. The molecule has 3 saturated heterocycles. The molecule has 6 atom stereocenters. The highest BCUT2D eigenvalue weighted by Crippen LogP contribution is 2.39. The molecule has 1 aromatic rings. The molecule has 0 amide bonds. The van der Waals surface area contributed by atoms with Crippen LogP contribution < -0.4 is 0 Å². The highest BCUT2D eigenvalue weighted by Gasteiger charge is 2.55. The van der Waals surface area contributed by atoms with Crippen molar-refractivity contribution in [2.45, 2.75) is 75.8 Å². The van der Waals surface area contributed by atoms with E-state index < -0.39 is 29.8 Å². The SMILES string of the molecule is CO[C@H]1CN([C@@H](C=O)[C@@H]2OC(C)(C)O[C@@H]2[C@@H]2COC(C)(C)O2)[C@H]1/C=C/c1ccccc1. The van der Waals surface area contributed by atoms with Gasteiger partial charge in [0.1, 0.15) is 24.6 Å². The summed E-state index contributed by atoms with van der Waals surface area (Å²) in [7, 11) is 1.70. The predicted octanol–water partition coefficient (Wildman–Crippen LogP) is 2.64. The van der Waals surface area contributed by atoms with Crippen molar-refractivity contribution in [1.29, 1.82) is 0 Å². The van der Waals surface area contributed by atoms with Gasteiger partial charge in [0.25, 0.3) is 0 Å². The average molecular weight is 432 g/mol. The number of ether oxygens (including phenoxy) is 5. The van der Waals surface area contributed by atoms with Crippen molar-refractivity contribution in [2.75, 3.05) is 20.3 Å². The van der Waals surface area contributed by atoms with Crippen molar-refractivity contribution in [1.82, 2.24) is 4.90 Å². The molecular weight excluding hydrogens is 398 g/mol. The van der Waals surface area contributed by atoms with Gasteiger partial charge in [0, 0.05) is 13.7 Å². The van der Waals surface area contributed by atoms with E-state index in [0.29, 0.717) is 13.2 Å². The first-order chi connectivity index (χ1) is 14.7. The van der Waals surface area contributed by atoms with Crippen molar-refractivity contribution in [3.8, 4) is 0 Å². The van der Waals surface area contributed by atoms with Gasteiger partial charge in [-0.1, -0.05) is 42.5 Å². The number of carbonyl (C=O) groups excluding carboxylic acids is 1. The summed E-state index contributed by atoms with van der Waals surface area (Å²) in [4.78, 5) is 14.4. The largest absolute Gasteiger partial charge is 0.378 e. The van der Waals surface area contributed by atoms with E-state index in [4.69, 9.17) is 23.7 Å². The summed E-state index contributed by atoms with van der Waals surface area (Å²) < 4.78 is 29.9. The predicted molar refractivity (Wildman–Crippen MR) is 115 cm³/mol. The van der Waals surface area contributed by atoms with Crippen LogP contribution in [-0.2, 0) is 28.5 Å². The van der Waals surface area contributed by atoms with Crippen molar-refractivity contribution >= 4 is 12.4 Å². The molecule has 3 aliphatic rings. The zero-order valence-electron chi connectivity index (χ0n) is 18.9. The third kappa shape index (κ3) is 4.77. The quantitative estimate of drug-likeness (QED) is 0.615. The van der Waals surface area contributed by atoms with Crippen molar-refractivity contribution in [3.05, 3.63) is 42.0 Å². The standard InChI is InChI=1S/C24H33NO6/c1-23(2)28-15-20(29-23)22-21(30-24(3,4)31-22)18(14-26)25-13-19(27-5)17(25)12-11-16-9-7-6-8-10-16/h6-12,14,17-22H,13,15H2,1-5H3/b12-11+/t17-,18-,19-,20-,21-,22+/m0/s1. The lowest BCUT2D eigenvalue weighted by Crippen LogP contribution is -2.67. The Hall–Kier alpha value is -1.61. The van der Waals surface area contributed by atoms with Gasteiger partial charge in [-0.05, 0) is 33.3 Å². The number of hydrogen-bond acceptors (Lipinski definition) is 7. The summed E-state index contributed by atoms with van der Waals surface area (Å²) in [6.45, 7) is 8.53. The molecule has 7 nitrogen and oxygen atoms in total. The van der Waals surface area contributed by atoms with Crippen molar-refractivity contribution in [3.63, 3.8) is 0 Å². The Morgan fingerprint density at radius 3 is 2.45 bits per heavy atom. The van der Waals surface area contributed by atoms with E-state index in [1.54, 1.807) is 7.11 Å². The number of rotatable bonds is 7. The Balaban J connectivity index is 1.54. The van der Waals surface area contributed by atoms with E-state index in [9.17, 15) is 4.79 Å². The van der Waals surface area contributed by atoms with E-state index >= 15 is 0 Å². The van der Waals surface area contributed by atoms with Gasteiger partial charge in [-0.15, -0.1) is 0 Å². The topological polar surface area (TPSA) is 66.5 Å². The van der Waals surface area contributed by atoms with Crippen molar-refractivity contribution < 1.29 is 28.5 Å². The number of nitrogens with zero attached hydrogens (tertiary/aromatic N) is 1. The molecule has 0 radical (unpaired) electrons. The number of aldehydes is 1. The lowest BCUT2D eigenvalue weighted by molar-refractivity contribution is -0.175. The molecule has 3 aliphatic heterocycles. The van der Waals surface area contributed by atoms with Gasteiger partial charge in [-0.3, -0.25) is 4.90 Å². The molecule has 3 heterocycles. The lowest BCUT2D eigenvalue weighted by Gasteiger charge is -2.50. The summed E-state index contributed by atoms with van der Waals surface area (Å²) in [6, 6.07) is 9.56. The smallest absolute Gasteiger partial charge is 0.163 e. The number of benzene rings is 1. The Morgan fingerprint density at radius 1 is 1.10 bits per heavy atom. The summed E-state index contributed by atoms with van der Waals surface area (Å²) in [5.74, 6) is -1.49. The third-order valence-corrected chi connectivity index (χ3v) is 6.16. The van der Waals surface area contributed by atoms with E-state index in [0.717, 1.165) is 11.8 Å². The minimum Gasteiger partial charge on any atom is -0.378 e. The minimum atomic E-state index is -0.812. The molecule has 0 unspecified atom stereocenters. The maximum Gasteiger partial charge on any atom is 0.163 e. The molecule has 170 valence electrons. The minimum absolute atomic E-state index is 0.0150. The molecule has 3 fully saturated rings. The zero-order valence-corrected chi connectivity index (χ0v) is 18.9. The Kier molecular flexibility index (Phi) is 6.36. The van der Waals surface area contributed by atoms with Crippen LogP contribution in [0.25, 0.3) is 6.08 Å². The summed E-state index contributed by atoms with van der Waals surface area (Å²) in [5.41, 5.74) is 1.10. The number of likely N-dealkylation sites (tertiary alicyclic amines) is 1. The second-order valence-corrected chi connectivity index (χ2v) is 9.29. The molecule has 31 heavy (non-hydrogen) atoms. The maximum absolute atomic E-state index is 12.3. The Bertz CT molecular complexity index is 795. The molecular formula is C24H33NO6. The van der Waals surface area contributed by atoms with Crippen LogP contribution >= 0.6 is 0 Å². The van der Waals surface area contributed by atoms with Crippen LogP contribution in [0.5, 0.6) is 0 Å². The van der Waals surface area contributed by atoms with Gasteiger partial charge in [0.15, 0.2) is 11.6 Å². The maximum atomic E-state index is 12.3. The molecule has 7 heteroatoms. The normalized spacial score (nSPS) is 35.8. The number of hydrogen-bond donors (Lipinski definition) is 0. The van der Waals surface area contributed by atoms with Gasteiger partial charge in [0.2, 0.25) is 0 Å². The Morgan fingerprint density at radius 2 is 1.84 bits per heavy atom. The van der Waals surface area contributed by atoms with Crippen LogP contribution in [0.4, 0.5) is 0 Å². The first kappa shape index (κ1) is 22.6. The van der Waals surface area contributed by atoms with Crippen LogP contribution in [0.2, 0.25) is 0 Å². The molecule has 0 aromatic heterocycles. The highest BCUT2D eigenvalue weighted by molar-refractivity contribution is 5.60. The fraction of sp³-hybridized carbons (Fsp3) is 0.625. The molecule has 1 aromatic carbocycles. The first-order valence-corrected chi connectivity index (χ1v) is 10.9. The number of carbonyl (C=O) groups is 1. The van der Waals surface area contributed by atoms with Crippen LogP contribution in [0.1, 0.15) is 33.3 Å². The summed E-state index contributed by atoms with van der Waals surface area (Å²) in [5, 5.41) is 0. The molecule has 4 rings (SSSR count). The third-order valence-electron chi connectivity index (χ3n) is 6.16. The number of methoxy groups -OCH3 is 1. The first-order valence-electron chi connectivity index (χ1n) is 10.9. The second-order valence-electron chi connectivity index (χ2n) is 9.29. The lowest BCUT2D eigenvalue weighted by atomic mass is 9.91.